The molecule has 0 bridgehead atoms. The van der Waals surface area contributed by atoms with Gasteiger partial charge in [-0.15, -0.1) is 0 Å². The van der Waals surface area contributed by atoms with Gasteiger partial charge in [0.05, 0.1) is 0 Å². The molecular weight excluding hydrogens is 192 g/mol. The zero-order valence-corrected chi connectivity index (χ0v) is 9.93. The molecule has 2 saturated heterocycles. The first-order valence-corrected chi connectivity index (χ1v) is 6.92. The third-order valence-corrected chi connectivity index (χ3v) is 5.00. The fourth-order valence-electron chi connectivity index (χ4n) is 2.79. The van der Waals surface area contributed by atoms with Crippen LogP contribution in [0.25, 0.3) is 0 Å². The van der Waals surface area contributed by atoms with E-state index in [0.717, 1.165) is 23.8 Å². The van der Waals surface area contributed by atoms with Crippen LogP contribution in [0.4, 0.5) is 0 Å². The molecule has 3 heteroatoms. The maximum Gasteiger partial charge on any atom is 0.0219 e. The molecule has 0 aliphatic carbocycles. The SMILES string of the molecule is CC1SCCC1N1CCCC(CN)C1. The lowest BCUT2D eigenvalue weighted by Crippen LogP contribution is -2.46. The van der Waals surface area contributed by atoms with E-state index >= 15 is 0 Å². The minimum atomic E-state index is 0.765. The van der Waals surface area contributed by atoms with Crippen LogP contribution in [-0.2, 0) is 0 Å². The maximum atomic E-state index is 5.77. The van der Waals surface area contributed by atoms with Gasteiger partial charge in [0.1, 0.15) is 0 Å². The molecule has 2 aliphatic heterocycles. The zero-order chi connectivity index (χ0) is 9.97. The topological polar surface area (TPSA) is 29.3 Å². The number of hydrogen-bond acceptors (Lipinski definition) is 3. The van der Waals surface area contributed by atoms with Crippen molar-refractivity contribution >= 4 is 11.8 Å². The van der Waals surface area contributed by atoms with Crippen molar-refractivity contribution in [3.63, 3.8) is 0 Å². The van der Waals surface area contributed by atoms with E-state index in [9.17, 15) is 0 Å². The lowest BCUT2D eigenvalue weighted by atomic mass is 9.96. The standard InChI is InChI=1S/C11H22N2S/c1-9-11(4-6-14-9)13-5-2-3-10(7-12)8-13/h9-11H,2-8,12H2,1H3. The minimum absolute atomic E-state index is 0.765. The molecule has 14 heavy (non-hydrogen) atoms. The van der Waals surface area contributed by atoms with Crippen molar-refractivity contribution in [2.45, 2.75) is 37.5 Å². The summed E-state index contributed by atoms with van der Waals surface area (Å²) in [6.07, 6.45) is 4.10. The van der Waals surface area contributed by atoms with Crippen LogP contribution in [0.2, 0.25) is 0 Å². The van der Waals surface area contributed by atoms with Crippen LogP contribution >= 0.6 is 11.8 Å². The Labute approximate surface area is 91.6 Å². The van der Waals surface area contributed by atoms with Gasteiger partial charge in [0, 0.05) is 17.8 Å². The number of nitrogens with zero attached hydrogens (tertiary/aromatic N) is 1. The van der Waals surface area contributed by atoms with Gasteiger partial charge >= 0.3 is 0 Å². The third kappa shape index (κ3) is 2.26. The van der Waals surface area contributed by atoms with Gasteiger partial charge in [0.2, 0.25) is 0 Å². The van der Waals surface area contributed by atoms with Crippen LogP contribution in [0.3, 0.4) is 0 Å². The number of rotatable bonds is 2. The molecule has 0 saturated carbocycles. The smallest absolute Gasteiger partial charge is 0.0219 e. The van der Waals surface area contributed by atoms with Gasteiger partial charge in [-0.25, -0.2) is 0 Å². The van der Waals surface area contributed by atoms with Gasteiger partial charge in [-0.05, 0) is 44.0 Å². The molecule has 0 amide bonds. The highest BCUT2D eigenvalue weighted by Gasteiger charge is 2.32. The number of nitrogens with two attached hydrogens (primary N) is 1. The van der Waals surface area contributed by atoms with Gasteiger partial charge in [-0.1, -0.05) is 6.92 Å². The van der Waals surface area contributed by atoms with Crippen molar-refractivity contribution in [1.29, 1.82) is 0 Å². The van der Waals surface area contributed by atoms with E-state index in [-0.39, 0.29) is 0 Å². The first-order valence-electron chi connectivity index (χ1n) is 5.87. The summed E-state index contributed by atoms with van der Waals surface area (Å²) < 4.78 is 0. The predicted molar refractivity (Wildman–Crippen MR) is 63.7 cm³/mol. The first kappa shape index (κ1) is 10.8. The van der Waals surface area contributed by atoms with Crippen LogP contribution in [0.1, 0.15) is 26.2 Å². The Morgan fingerprint density at radius 3 is 2.93 bits per heavy atom. The summed E-state index contributed by atoms with van der Waals surface area (Å²) in [6.45, 7) is 5.83. The van der Waals surface area contributed by atoms with Crippen molar-refractivity contribution in [3.8, 4) is 0 Å². The Bertz CT molecular complexity index is 186. The lowest BCUT2D eigenvalue weighted by Gasteiger charge is -2.37. The Kier molecular flexibility index (Phi) is 3.74. The molecule has 2 fully saturated rings. The number of thioether (sulfide) groups is 1. The van der Waals surface area contributed by atoms with Gasteiger partial charge in [-0.3, -0.25) is 4.90 Å². The molecule has 2 rings (SSSR count). The summed E-state index contributed by atoms with van der Waals surface area (Å²) in [6, 6.07) is 0.842. The molecule has 0 radical (unpaired) electrons. The highest BCUT2D eigenvalue weighted by molar-refractivity contribution is 8.00. The van der Waals surface area contributed by atoms with E-state index in [1.54, 1.807) is 0 Å². The van der Waals surface area contributed by atoms with Crippen molar-refractivity contribution in [1.82, 2.24) is 4.90 Å². The van der Waals surface area contributed by atoms with Crippen LogP contribution in [0, 0.1) is 5.92 Å². The van der Waals surface area contributed by atoms with E-state index in [0.29, 0.717) is 0 Å². The number of piperidine rings is 1. The molecular formula is C11H22N2S. The fourth-order valence-corrected chi connectivity index (χ4v) is 4.07. The number of hydrogen-bond donors (Lipinski definition) is 1. The highest BCUT2D eigenvalue weighted by Crippen LogP contribution is 2.32. The molecule has 2 N–H and O–H groups in total. The van der Waals surface area contributed by atoms with Crippen LogP contribution in [0.15, 0.2) is 0 Å². The van der Waals surface area contributed by atoms with Crippen molar-refractivity contribution in [2.24, 2.45) is 11.7 Å². The molecule has 2 nitrogen and oxygen atoms in total. The maximum absolute atomic E-state index is 5.77. The third-order valence-electron chi connectivity index (χ3n) is 3.69. The van der Waals surface area contributed by atoms with Gasteiger partial charge in [0.25, 0.3) is 0 Å². The van der Waals surface area contributed by atoms with E-state index in [1.807, 2.05) is 0 Å². The molecule has 0 spiro atoms. The molecule has 2 aliphatic rings. The zero-order valence-electron chi connectivity index (χ0n) is 9.11. The Balaban J connectivity index is 1.90. The highest BCUT2D eigenvalue weighted by atomic mass is 32.2. The van der Waals surface area contributed by atoms with E-state index < -0.39 is 0 Å². The van der Waals surface area contributed by atoms with Crippen molar-refractivity contribution < 1.29 is 0 Å². The van der Waals surface area contributed by atoms with Gasteiger partial charge in [0.15, 0.2) is 0 Å². The van der Waals surface area contributed by atoms with Crippen molar-refractivity contribution in [2.75, 3.05) is 25.4 Å². The molecule has 0 aromatic heterocycles. The summed E-state index contributed by atoms with van der Waals surface area (Å²) >= 11 is 2.13. The van der Waals surface area contributed by atoms with E-state index in [1.165, 1.54) is 38.1 Å². The molecule has 0 aromatic rings. The number of likely N-dealkylation sites (tertiary alicyclic amines) is 1. The Hall–Kier alpha value is 0.270. The average Bonchev–Trinajstić information content (AvgIpc) is 2.65. The summed E-state index contributed by atoms with van der Waals surface area (Å²) in [5.41, 5.74) is 5.77. The van der Waals surface area contributed by atoms with Gasteiger partial charge in [-0.2, -0.15) is 11.8 Å². The Morgan fingerprint density at radius 1 is 1.43 bits per heavy atom. The quantitative estimate of drug-likeness (QED) is 0.756. The molecule has 3 atom stereocenters. The summed E-state index contributed by atoms with van der Waals surface area (Å²) in [5.74, 6) is 2.12. The Morgan fingerprint density at radius 2 is 2.29 bits per heavy atom. The first-order chi connectivity index (χ1) is 6.81. The minimum Gasteiger partial charge on any atom is -0.330 e. The fraction of sp³-hybridized carbons (Fsp3) is 1.00. The predicted octanol–water partition coefficient (Wildman–Crippen LogP) is 1.55. The van der Waals surface area contributed by atoms with Gasteiger partial charge < -0.3 is 5.73 Å². The monoisotopic (exact) mass is 214 g/mol. The molecule has 0 aromatic carbocycles. The normalized spacial score (nSPS) is 40.3. The summed E-state index contributed by atoms with van der Waals surface area (Å²) in [4.78, 5) is 2.70. The van der Waals surface area contributed by atoms with Crippen LogP contribution < -0.4 is 5.73 Å². The lowest BCUT2D eigenvalue weighted by molar-refractivity contribution is 0.127. The summed E-state index contributed by atoms with van der Waals surface area (Å²) in [5, 5.41) is 0.839. The summed E-state index contributed by atoms with van der Waals surface area (Å²) in [7, 11) is 0. The van der Waals surface area contributed by atoms with E-state index in [4.69, 9.17) is 5.73 Å². The largest absolute Gasteiger partial charge is 0.330 e. The van der Waals surface area contributed by atoms with Crippen LogP contribution in [0.5, 0.6) is 0 Å². The molecule has 3 unspecified atom stereocenters. The second-order valence-electron chi connectivity index (χ2n) is 4.67. The molecule has 2 heterocycles. The van der Waals surface area contributed by atoms with E-state index in [2.05, 4.69) is 23.6 Å². The second-order valence-corrected chi connectivity index (χ2v) is 6.16. The molecule has 82 valence electrons. The average molecular weight is 214 g/mol. The second kappa shape index (κ2) is 4.86. The van der Waals surface area contributed by atoms with Crippen LogP contribution in [-0.4, -0.2) is 41.6 Å². The van der Waals surface area contributed by atoms with Crippen molar-refractivity contribution in [3.05, 3.63) is 0 Å².